The first-order valence-electron chi connectivity index (χ1n) is 13.9. The number of aromatic nitrogens is 4. The Labute approximate surface area is 245 Å². The van der Waals surface area contributed by atoms with E-state index in [9.17, 15) is 0 Å². The molecule has 0 aliphatic heterocycles. The summed E-state index contributed by atoms with van der Waals surface area (Å²) in [5, 5.41) is 0. The van der Waals surface area contributed by atoms with Crippen molar-refractivity contribution in [1.29, 1.82) is 0 Å². The van der Waals surface area contributed by atoms with Crippen LogP contribution in [0.4, 0.5) is 0 Å². The van der Waals surface area contributed by atoms with E-state index >= 15 is 0 Å². The van der Waals surface area contributed by atoms with E-state index in [1.807, 2.05) is 30.5 Å². The van der Waals surface area contributed by atoms with Crippen molar-refractivity contribution in [1.82, 2.24) is 19.9 Å². The van der Waals surface area contributed by atoms with Gasteiger partial charge in [0.15, 0.2) is 5.82 Å². The lowest BCUT2D eigenvalue weighted by atomic mass is 9.98. The molecule has 0 aliphatic carbocycles. The maximum Gasteiger partial charge on any atom is 0.160 e. The monoisotopic (exact) mass is 538 g/mol. The zero-order valence-corrected chi connectivity index (χ0v) is 22.8. The molecule has 0 unspecified atom stereocenters. The molecule has 7 aromatic rings. The van der Waals surface area contributed by atoms with E-state index in [0.29, 0.717) is 5.82 Å². The number of rotatable bonds is 6. The molecule has 3 aromatic heterocycles. The van der Waals surface area contributed by atoms with Crippen molar-refractivity contribution in [3.05, 3.63) is 158 Å². The first-order chi connectivity index (χ1) is 20.8. The Balaban J connectivity index is 1.25. The molecule has 0 N–H and O–H groups in total. The smallest absolute Gasteiger partial charge is 0.160 e. The maximum atomic E-state index is 4.97. The van der Waals surface area contributed by atoms with Gasteiger partial charge in [-0.25, -0.2) is 9.97 Å². The van der Waals surface area contributed by atoms with Gasteiger partial charge in [-0.2, -0.15) is 0 Å². The van der Waals surface area contributed by atoms with Crippen molar-refractivity contribution in [2.45, 2.75) is 0 Å². The molecule has 198 valence electrons. The van der Waals surface area contributed by atoms with E-state index in [-0.39, 0.29) is 0 Å². The summed E-state index contributed by atoms with van der Waals surface area (Å²) in [6.07, 6.45) is 7.23. The molecular weight excluding hydrogens is 512 g/mol. The van der Waals surface area contributed by atoms with Crippen molar-refractivity contribution in [3.8, 4) is 67.3 Å². The zero-order chi connectivity index (χ0) is 28.1. The van der Waals surface area contributed by atoms with Gasteiger partial charge in [0.05, 0.1) is 11.4 Å². The second-order valence-corrected chi connectivity index (χ2v) is 10.0. The van der Waals surface area contributed by atoms with Gasteiger partial charge in [-0.05, 0) is 58.1 Å². The molecule has 0 saturated heterocycles. The van der Waals surface area contributed by atoms with Crippen LogP contribution in [0, 0.1) is 0 Å². The lowest BCUT2D eigenvalue weighted by Crippen LogP contribution is -1.96. The van der Waals surface area contributed by atoms with Gasteiger partial charge < -0.3 is 0 Å². The second kappa shape index (κ2) is 11.4. The molecule has 0 radical (unpaired) electrons. The average molecular weight is 539 g/mol. The molecule has 4 nitrogen and oxygen atoms in total. The Morgan fingerprint density at radius 3 is 1.45 bits per heavy atom. The van der Waals surface area contributed by atoms with Crippen LogP contribution in [-0.4, -0.2) is 19.9 Å². The molecule has 3 heterocycles. The van der Waals surface area contributed by atoms with Gasteiger partial charge in [-0.3, -0.25) is 9.97 Å². The highest BCUT2D eigenvalue weighted by Gasteiger charge is 2.12. The fraction of sp³-hybridized carbons (Fsp3) is 0. The summed E-state index contributed by atoms with van der Waals surface area (Å²) in [6, 6.07) is 46.1. The predicted octanol–water partition coefficient (Wildman–Crippen LogP) is 9.27. The summed E-state index contributed by atoms with van der Waals surface area (Å²) in [5.41, 5.74) is 11.6. The van der Waals surface area contributed by atoms with Crippen LogP contribution in [0.2, 0.25) is 0 Å². The molecule has 0 fully saturated rings. The maximum absolute atomic E-state index is 4.97. The molecule has 0 aliphatic rings. The summed E-state index contributed by atoms with van der Waals surface area (Å²) in [6.45, 7) is 0. The second-order valence-electron chi connectivity index (χ2n) is 10.0. The Kier molecular flexibility index (Phi) is 6.85. The Hall–Kier alpha value is -5.74. The molecule has 7 rings (SSSR count). The number of pyridine rings is 2. The number of benzene rings is 4. The highest BCUT2D eigenvalue weighted by Crippen LogP contribution is 2.31. The molecule has 0 saturated carbocycles. The molecule has 4 heteroatoms. The summed E-state index contributed by atoms with van der Waals surface area (Å²) < 4.78 is 0. The van der Waals surface area contributed by atoms with Gasteiger partial charge >= 0.3 is 0 Å². The van der Waals surface area contributed by atoms with Crippen molar-refractivity contribution < 1.29 is 0 Å². The van der Waals surface area contributed by atoms with Crippen LogP contribution in [0.1, 0.15) is 0 Å². The van der Waals surface area contributed by atoms with Gasteiger partial charge in [0, 0.05) is 47.0 Å². The third-order valence-corrected chi connectivity index (χ3v) is 7.32. The number of nitrogens with zero attached hydrogens (tertiary/aromatic N) is 4. The first-order valence-corrected chi connectivity index (χ1v) is 13.9. The third kappa shape index (κ3) is 5.34. The van der Waals surface area contributed by atoms with Gasteiger partial charge in [-0.15, -0.1) is 0 Å². The van der Waals surface area contributed by atoms with Crippen LogP contribution < -0.4 is 0 Å². The quantitative estimate of drug-likeness (QED) is 0.212. The topological polar surface area (TPSA) is 51.6 Å². The molecule has 4 aromatic carbocycles. The van der Waals surface area contributed by atoms with Gasteiger partial charge in [0.1, 0.15) is 0 Å². The summed E-state index contributed by atoms with van der Waals surface area (Å²) in [4.78, 5) is 18.4. The van der Waals surface area contributed by atoms with Crippen LogP contribution in [-0.2, 0) is 0 Å². The lowest BCUT2D eigenvalue weighted by Gasteiger charge is -2.11. The number of hydrogen-bond donors (Lipinski definition) is 0. The van der Waals surface area contributed by atoms with Crippen molar-refractivity contribution in [2.75, 3.05) is 0 Å². The zero-order valence-electron chi connectivity index (χ0n) is 22.8. The Bertz CT molecular complexity index is 1940. The molecule has 0 atom stereocenters. The van der Waals surface area contributed by atoms with Crippen LogP contribution >= 0.6 is 0 Å². The summed E-state index contributed by atoms with van der Waals surface area (Å²) >= 11 is 0. The first kappa shape index (κ1) is 25.2. The average Bonchev–Trinajstić information content (AvgIpc) is 3.09. The van der Waals surface area contributed by atoms with Crippen LogP contribution in [0.3, 0.4) is 0 Å². The summed E-state index contributed by atoms with van der Waals surface area (Å²) in [5.74, 6) is 0.672. The SMILES string of the molecule is c1ccc(-c2ccc(-c3cc(-c4ccc(-c5cccc(-c6cccnc6)c5)cc4)nc(-c4ccncc4)n3)cc2)cc1. The van der Waals surface area contributed by atoms with Crippen LogP contribution in [0.5, 0.6) is 0 Å². The standard InChI is InChI=1S/C38H26N4/c1-2-6-27(7-3-1)28-11-15-30(16-12-28)36-25-37(42-38(41-36)32-19-22-39-23-20-32)31-17-13-29(14-18-31)33-8-4-9-34(24-33)35-10-5-21-40-26-35/h1-26H. The van der Waals surface area contributed by atoms with Crippen LogP contribution in [0.15, 0.2) is 158 Å². The normalized spacial score (nSPS) is 10.9. The predicted molar refractivity (Wildman–Crippen MR) is 170 cm³/mol. The minimum Gasteiger partial charge on any atom is -0.265 e. The fourth-order valence-corrected chi connectivity index (χ4v) is 5.08. The van der Waals surface area contributed by atoms with Crippen molar-refractivity contribution >= 4 is 0 Å². The largest absolute Gasteiger partial charge is 0.265 e. The van der Waals surface area contributed by atoms with Crippen molar-refractivity contribution in [2.24, 2.45) is 0 Å². The van der Waals surface area contributed by atoms with Gasteiger partial charge in [0.2, 0.25) is 0 Å². The van der Waals surface area contributed by atoms with E-state index in [1.54, 1.807) is 18.6 Å². The minimum absolute atomic E-state index is 0.672. The Morgan fingerprint density at radius 2 is 0.833 bits per heavy atom. The molecule has 0 amide bonds. The number of hydrogen-bond acceptors (Lipinski definition) is 4. The third-order valence-electron chi connectivity index (χ3n) is 7.32. The highest BCUT2D eigenvalue weighted by atomic mass is 14.9. The summed E-state index contributed by atoms with van der Waals surface area (Å²) in [7, 11) is 0. The van der Waals surface area contributed by atoms with Gasteiger partial charge in [0.25, 0.3) is 0 Å². The fourth-order valence-electron chi connectivity index (χ4n) is 5.08. The minimum atomic E-state index is 0.672. The van der Waals surface area contributed by atoms with E-state index < -0.39 is 0 Å². The molecular formula is C38H26N4. The van der Waals surface area contributed by atoms with Crippen LogP contribution in [0.25, 0.3) is 67.3 Å². The highest BCUT2D eigenvalue weighted by molar-refractivity contribution is 5.77. The van der Waals surface area contributed by atoms with E-state index in [0.717, 1.165) is 50.3 Å². The van der Waals surface area contributed by atoms with Crippen molar-refractivity contribution in [3.63, 3.8) is 0 Å². The molecule has 42 heavy (non-hydrogen) atoms. The van der Waals surface area contributed by atoms with E-state index in [2.05, 4.69) is 119 Å². The van der Waals surface area contributed by atoms with E-state index in [4.69, 9.17) is 9.97 Å². The Morgan fingerprint density at radius 1 is 0.310 bits per heavy atom. The molecule has 0 spiro atoms. The molecule has 0 bridgehead atoms. The van der Waals surface area contributed by atoms with Gasteiger partial charge in [-0.1, -0.05) is 103 Å². The van der Waals surface area contributed by atoms with E-state index in [1.165, 1.54) is 11.1 Å². The lowest BCUT2D eigenvalue weighted by molar-refractivity contribution is 1.18.